The summed E-state index contributed by atoms with van der Waals surface area (Å²) < 4.78 is 6.23. The summed E-state index contributed by atoms with van der Waals surface area (Å²) in [5.41, 5.74) is -1.12. The molecule has 1 aliphatic rings. The lowest BCUT2D eigenvalue weighted by Crippen LogP contribution is -2.36. The fourth-order valence-electron chi connectivity index (χ4n) is 1.72. The Kier molecular flexibility index (Phi) is 3.09. The normalized spacial score (nSPS) is 28.5. The number of aromatic amines is 1. The molecule has 0 saturated carbocycles. The number of hydrogen-bond acceptors (Lipinski definition) is 6. The van der Waals surface area contributed by atoms with Crippen LogP contribution in [0.4, 0.5) is 0 Å². The van der Waals surface area contributed by atoms with Crippen LogP contribution in [0.2, 0.25) is 0 Å². The molecule has 17 heavy (non-hydrogen) atoms. The molecule has 1 unspecified atom stereocenters. The highest BCUT2D eigenvalue weighted by molar-refractivity contribution is 4.89. The average Bonchev–Trinajstić information content (AvgIpc) is 2.65. The highest BCUT2D eigenvalue weighted by Crippen LogP contribution is 2.26. The number of H-pyrrole nitrogens is 1. The summed E-state index contributed by atoms with van der Waals surface area (Å²) in [5, 5.41) is 22.3. The molecular weight excluding hydrogens is 230 g/mol. The highest BCUT2D eigenvalue weighted by atomic mass is 16.5. The molecule has 0 bridgehead atoms. The summed E-state index contributed by atoms with van der Waals surface area (Å²) in [7, 11) is 0. The van der Waals surface area contributed by atoms with E-state index in [0.29, 0.717) is 0 Å². The quantitative estimate of drug-likeness (QED) is 0.546. The molecule has 2 heterocycles. The van der Waals surface area contributed by atoms with Gasteiger partial charge in [-0.05, 0) is 6.92 Å². The van der Waals surface area contributed by atoms with Crippen LogP contribution in [0, 0.1) is 6.92 Å². The van der Waals surface area contributed by atoms with Gasteiger partial charge in [0.25, 0.3) is 5.56 Å². The molecule has 0 radical (unpaired) electrons. The molecule has 0 amide bonds. The van der Waals surface area contributed by atoms with Crippen LogP contribution in [-0.4, -0.2) is 43.8 Å². The van der Waals surface area contributed by atoms with Gasteiger partial charge < -0.3 is 14.9 Å². The van der Waals surface area contributed by atoms with E-state index in [1.165, 1.54) is 6.92 Å². The number of aryl methyl sites for hydroxylation is 1. The Labute approximate surface area is 95.5 Å². The Hall–Kier alpha value is -1.51. The molecule has 1 aromatic heterocycles. The Bertz CT molecular complexity index is 522. The second-order valence-electron chi connectivity index (χ2n) is 3.90. The van der Waals surface area contributed by atoms with E-state index in [-0.39, 0.29) is 18.7 Å². The topological polar surface area (TPSA) is 117 Å². The highest BCUT2D eigenvalue weighted by Gasteiger charge is 2.35. The summed E-state index contributed by atoms with van der Waals surface area (Å²) in [4.78, 5) is 24.7. The third-order valence-corrected chi connectivity index (χ3v) is 2.67. The molecular formula is C9H13N3O5. The fraction of sp³-hybridized carbons (Fsp3) is 0.667. The first-order valence-corrected chi connectivity index (χ1v) is 5.17. The third-order valence-electron chi connectivity index (χ3n) is 2.67. The SMILES string of the molecule is Cc1nn([C@H]2CC(O)[C@@H](CO)O2)c(=O)[nH]c1=O. The molecule has 8 heteroatoms. The Morgan fingerprint density at radius 3 is 2.88 bits per heavy atom. The van der Waals surface area contributed by atoms with Gasteiger partial charge in [0.15, 0.2) is 6.23 Å². The van der Waals surface area contributed by atoms with Gasteiger partial charge in [-0.25, -0.2) is 4.79 Å². The van der Waals surface area contributed by atoms with Crippen molar-refractivity contribution in [3.8, 4) is 0 Å². The molecule has 3 atom stereocenters. The van der Waals surface area contributed by atoms with E-state index in [9.17, 15) is 14.7 Å². The third kappa shape index (κ3) is 2.14. The van der Waals surface area contributed by atoms with Gasteiger partial charge in [-0.1, -0.05) is 0 Å². The van der Waals surface area contributed by atoms with E-state index in [2.05, 4.69) is 10.1 Å². The van der Waals surface area contributed by atoms with Crippen molar-refractivity contribution in [2.24, 2.45) is 0 Å². The van der Waals surface area contributed by atoms with E-state index in [4.69, 9.17) is 9.84 Å². The number of hydrogen-bond donors (Lipinski definition) is 3. The zero-order chi connectivity index (χ0) is 12.6. The predicted octanol–water partition coefficient (Wildman–Crippen LogP) is -2.12. The van der Waals surface area contributed by atoms with Gasteiger partial charge in [0.2, 0.25) is 0 Å². The second-order valence-corrected chi connectivity index (χ2v) is 3.90. The maximum atomic E-state index is 11.5. The van der Waals surface area contributed by atoms with Crippen molar-refractivity contribution in [2.45, 2.75) is 31.8 Å². The van der Waals surface area contributed by atoms with Crippen molar-refractivity contribution >= 4 is 0 Å². The minimum absolute atomic E-state index is 0.134. The second kappa shape index (κ2) is 4.40. The maximum absolute atomic E-state index is 11.5. The molecule has 3 N–H and O–H groups in total. The van der Waals surface area contributed by atoms with Crippen LogP contribution < -0.4 is 11.2 Å². The molecule has 1 aromatic rings. The summed E-state index contributed by atoms with van der Waals surface area (Å²) in [5.74, 6) is 0. The van der Waals surface area contributed by atoms with Gasteiger partial charge in [0, 0.05) is 6.42 Å². The minimum Gasteiger partial charge on any atom is -0.394 e. The van der Waals surface area contributed by atoms with E-state index in [1.54, 1.807) is 0 Å². The van der Waals surface area contributed by atoms with E-state index in [0.717, 1.165) is 4.68 Å². The molecule has 8 nitrogen and oxygen atoms in total. The van der Waals surface area contributed by atoms with Crippen molar-refractivity contribution in [3.63, 3.8) is 0 Å². The van der Waals surface area contributed by atoms with Crippen LogP contribution in [0.5, 0.6) is 0 Å². The van der Waals surface area contributed by atoms with Crippen molar-refractivity contribution < 1.29 is 14.9 Å². The molecule has 0 spiro atoms. The number of rotatable bonds is 2. The van der Waals surface area contributed by atoms with E-state index >= 15 is 0 Å². The number of aliphatic hydroxyl groups is 2. The minimum atomic E-state index is -0.856. The van der Waals surface area contributed by atoms with Crippen LogP contribution in [0.1, 0.15) is 18.3 Å². The van der Waals surface area contributed by atoms with Gasteiger partial charge in [0.05, 0.1) is 12.7 Å². The molecule has 0 aliphatic carbocycles. The van der Waals surface area contributed by atoms with Crippen molar-refractivity contribution in [3.05, 3.63) is 26.5 Å². The lowest BCUT2D eigenvalue weighted by Gasteiger charge is -2.13. The molecule has 1 saturated heterocycles. The maximum Gasteiger partial charge on any atom is 0.347 e. The van der Waals surface area contributed by atoms with Gasteiger partial charge >= 0.3 is 5.69 Å². The molecule has 1 fully saturated rings. The summed E-state index contributed by atoms with van der Waals surface area (Å²) >= 11 is 0. The largest absolute Gasteiger partial charge is 0.394 e. The smallest absolute Gasteiger partial charge is 0.347 e. The van der Waals surface area contributed by atoms with Gasteiger partial charge in [0.1, 0.15) is 11.8 Å². The van der Waals surface area contributed by atoms with Gasteiger partial charge in [-0.3, -0.25) is 9.78 Å². The number of aliphatic hydroxyl groups excluding tert-OH is 2. The lowest BCUT2D eigenvalue weighted by molar-refractivity contribution is -0.0508. The Morgan fingerprint density at radius 2 is 2.29 bits per heavy atom. The first-order valence-electron chi connectivity index (χ1n) is 5.17. The van der Waals surface area contributed by atoms with E-state index in [1.807, 2.05) is 0 Å². The predicted molar refractivity (Wildman–Crippen MR) is 55.5 cm³/mol. The number of aromatic nitrogens is 3. The summed E-state index contributed by atoms with van der Waals surface area (Å²) in [6.07, 6.45) is -2.22. The number of ether oxygens (including phenoxy) is 1. The first kappa shape index (κ1) is 12.0. The Morgan fingerprint density at radius 1 is 1.59 bits per heavy atom. The van der Waals surface area contributed by atoms with Gasteiger partial charge in [-0.15, -0.1) is 0 Å². The summed E-state index contributed by atoms with van der Waals surface area (Å²) in [6.45, 7) is 1.12. The zero-order valence-corrected chi connectivity index (χ0v) is 9.16. The molecule has 1 aliphatic heterocycles. The number of nitrogens with one attached hydrogen (secondary N) is 1. The van der Waals surface area contributed by atoms with Crippen LogP contribution in [0.25, 0.3) is 0 Å². The van der Waals surface area contributed by atoms with Crippen LogP contribution in [-0.2, 0) is 4.74 Å². The van der Waals surface area contributed by atoms with Crippen LogP contribution >= 0.6 is 0 Å². The van der Waals surface area contributed by atoms with Gasteiger partial charge in [-0.2, -0.15) is 9.78 Å². The van der Waals surface area contributed by atoms with Crippen molar-refractivity contribution in [2.75, 3.05) is 6.61 Å². The Balaban J connectivity index is 2.34. The molecule has 94 valence electrons. The average molecular weight is 243 g/mol. The molecule has 0 aromatic carbocycles. The molecule has 2 rings (SSSR count). The van der Waals surface area contributed by atoms with Crippen LogP contribution in [0.3, 0.4) is 0 Å². The summed E-state index contributed by atoms with van der Waals surface area (Å²) in [6, 6.07) is 0. The zero-order valence-electron chi connectivity index (χ0n) is 9.16. The lowest BCUT2D eigenvalue weighted by atomic mass is 10.2. The van der Waals surface area contributed by atoms with Crippen LogP contribution in [0.15, 0.2) is 9.59 Å². The van der Waals surface area contributed by atoms with Crippen molar-refractivity contribution in [1.29, 1.82) is 0 Å². The van der Waals surface area contributed by atoms with Crippen molar-refractivity contribution in [1.82, 2.24) is 14.8 Å². The van der Waals surface area contributed by atoms with E-state index < -0.39 is 29.7 Å². The monoisotopic (exact) mass is 243 g/mol. The first-order chi connectivity index (χ1) is 8.02. The fourth-order valence-corrected chi connectivity index (χ4v) is 1.72. The standard InChI is InChI=1S/C9H13N3O5/c1-4-8(15)10-9(16)12(11-4)7-2-5(14)6(3-13)17-7/h5-7,13-14H,2-3H2,1H3,(H,10,15,16)/t5?,6-,7-/m1/s1. The number of nitrogens with zero attached hydrogens (tertiary/aromatic N) is 2.